The molecule has 1 unspecified atom stereocenters. The summed E-state index contributed by atoms with van der Waals surface area (Å²) in [6, 6.07) is 11.4. The fourth-order valence-electron chi connectivity index (χ4n) is 2.33. The van der Waals surface area contributed by atoms with Gasteiger partial charge < -0.3 is 15.5 Å². The zero-order valence-corrected chi connectivity index (χ0v) is 12.7. The van der Waals surface area contributed by atoms with Crippen molar-refractivity contribution >= 4 is 22.6 Å². The Bertz CT molecular complexity index is 805. The Morgan fingerprint density at radius 3 is 2.61 bits per heavy atom. The van der Waals surface area contributed by atoms with Crippen molar-refractivity contribution in [2.24, 2.45) is 5.73 Å². The van der Waals surface area contributed by atoms with Gasteiger partial charge in [-0.2, -0.15) is 8.78 Å². The molecule has 23 heavy (non-hydrogen) atoms. The van der Waals surface area contributed by atoms with Gasteiger partial charge in [-0.15, -0.1) is 0 Å². The first-order valence-electron chi connectivity index (χ1n) is 6.96. The van der Waals surface area contributed by atoms with E-state index >= 15 is 0 Å². The average Bonchev–Trinajstić information content (AvgIpc) is 2.92. The Morgan fingerprint density at radius 1 is 1.17 bits per heavy atom. The molecule has 0 amide bonds. The molecule has 0 fully saturated rings. The summed E-state index contributed by atoms with van der Waals surface area (Å²) in [4.78, 5) is 7.60. The first kappa shape index (κ1) is 15.7. The number of halogens is 3. The van der Waals surface area contributed by atoms with Crippen molar-refractivity contribution in [2.75, 3.05) is 0 Å². The topological polar surface area (TPSA) is 63.9 Å². The number of nitrogens with two attached hydrogens (primary N) is 1. The molecule has 4 nitrogen and oxygen atoms in total. The molecular weight excluding hydrogens is 324 g/mol. The van der Waals surface area contributed by atoms with E-state index in [0.29, 0.717) is 17.3 Å². The largest absolute Gasteiger partial charge is 0.435 e. The number of rotatable bonds is 5. The third kappa shape index (κ3) is 3.78. The maximum absolute atomic E-state index is 12.1. The third-order valence-corrected chi connectivity index (χ3v) is 3.65. The quantitative estimate of drug-likeness (QED) is 0.738. The van der Waals surface area contributed by atoms with E-state index in [0.717, 1.165) is 16.6 Å². The lowest BCUT2D eigenvalue weighted by atomic mass is 10.1. The number of imidazole rings is 1. The molecule has 7 heteroatoms. The first-order chi connectivity index (χ1) is 11.0. The standard InChI is InChI=1S/C16H14ClF2N3O/c17-10-3-6-13-14(8-10)22-15(21-13)12(20)7-9-1-4-11(5-2-9)23-16(18)19/h1-6,8,12,16H,7,20H2,(H,21,22). The lowest BCUT2D eigenvalue weighted by molar-refractivity contribution is -0.0498. The van der Waals surface area contributed by atoms with Gasteiger partial charge in [-0.25, -0.2) is 4.98 Å². The minimum absolute atomic E-state index is 0.121. The van der Waals surface area contributed by atoms with Crippen LogP contribution in [-0.2, 0) is 6.42 Å². The minimum Gasteiger partial charge on any atom is -0.435 e. The Hall–Kier alpha value is -2.18. The molecule has 3 aromatic rings. The number of aromatic amines is 1. The number of aromatic nitrogens is 2. The van der Waals surface area contributed by atoms with Crippen LogP contribution in [0.5, 0.6) is 5.75 Å². The number of ether oxygens (including phenoxy) is 1. The summed E-state index contributed by atoms with van der Waals surface area (Å²) < 4.78 is 28.6. The average molecular weight is 338 g/mol. The predicted octanol–water partition coefficient (Wildman–Crippen LogP) is 4.06. The van der Waals surface area contributed by atoms with E-state index in [2.05, 4.69) is 14.7 Å². The summed E-state index contributed by atoms with van der Waals surface area (Å²) in [5.41, 5.74) is 8.69. The molecule has 0 saturated carbocycles. The normalized spacial score (nSPS) is 12.7. The van der Waals surface area contributed by atoms with Gasteiger partial charge in [0.2, 0.25) is 0 Å². The summed E-state index contributed by atoms with van der Waals surface area (Å²) in [7, 11) is 0. The smallest absolute Gasteiger partial charge is 0.387 e. The summed E-state index contributed by atoms with van der Waals surface area (Å²) in [6.45, 7) is -2.83. The number of nitrogens with zero attached hydrogens (tertiary/aromatic N) is 1. The summed E-state index contributed by atoms with van der Waals surface area (Å²) in [6.07, 6.45) is 0.516. The Balaban J connectivity index is 1.73. The van der Waals surface area contributed by atoms with E-state index in [-0.39, 0.29) is 11.8 Å². The Labute approximate surface area is 136 Å². The van der Waals surface area contributed by atoms with E-state index in [1.54, 1.807) is 24.3 Å². The van der Waals surface area contributed by atoms with Crippen molar-refractivity contribution < 1.29 is 13.5 Å². The molecule has 0 spiro atoms. The Morgan fingerprint density at radius 2 is 1.91 bits per heavy atom. The molecule has 0 saturated heterocycles. The highest BCUT2D eigenvalue weighted by atomic mass is 35.5. The molecule has 1 aromatic heterocycles. The predicted molar refractivity (Wildman–Crippen MR) is 84.8 cm³/mol. The van der Waals surface area contributed by atoms with Crippen LogP contribution >= 0.6 is 11.6 Å². The SMILES string of the molecule is NC(Cc1ccc(OC(F)F)cc1)c1nc2cc(Cl)ccc2[nH]1. The first-order valence-corrected chi connectivity index (χ1v) is 7.33. The van der Waals surface area contributed by atoms with Gasteiger partial charge in [0.05, 0.1) is 17.1 Å². The van der Waals surface area contributed by atoms with Crippen LogP contribution in [0.4, 0.5) is 8.78 Å². The van der Waals surface area contributed by atoms with Gasteiger partial charge >= 0.3 is 6.61 Å². The van der Waals surface area contributed by atoms with Crippen LogP contribution < -0.4 is 10.5 Å². The van der Waals surface area contributed by atoms with Crippen LogP contribution in [0.15, 0.2) is 42.5 Å². The second-order valence-electron chi connectivity index (χ2n) is 5.12. The van der Waals surface area contributed by atoms with Crippen LogP contribution in [-0.4, -0.2) is 16.6 Å². The molecule has 0 bridgehead atoms. The monoisotopic (exact) mass is 337 g/mol. The lowest BCUT2D eigenvalue weighted by Gasteiger charge is -2.10. The summed E-state index contributed by atoms with van der Waals surface area (Å²) in [5.74, 6) is 0.769. The summed E-state index contributed by atoms with van der Waals surface area (Å²) >= 11 is 5.94. The van der Waals surface area contributed by atoms with Crippen molar-refractivity contribution in [3.63, 3.8) is 0 Å². The highest BCUT2D eigenvalue weighted by Crippen LogP contribution is 2.22. The molecule has 0 aliphatic rings. The lowest BCUT2D eigenvalue weighted by Crippen LogP contribution is -2.15. The maximum atomic E-state index is 12.1. The highest BCUT2D eigenvalue weighted by Gasteiger charge is 2.13. The van der Waals surface area contributed by atoms with Crippen molar-refractivity contribution in [2.45, 2.75) is 19.1 Å². The molecule has 0 aliphatic heterocycles. The van der Waals surface area contributed by atoms with Crippen LogP contribution in [0.1, 0.15) is 17.4 Å². The van der Waals surface area contributed by atoms with Crippen molar-refractivity contribution in [1.29, 1.82) is 0 Å². The van der Waals surface area contributed by atoms with Gasteiger partial charge in [0, 0.05) is 5.02 Å². The van der Waals surface area contributed by atoms with Crippen molar-refractivity contribution in [3.05, 3.63) is 58.9 Å². The number of H-pyrrole nitrogens is 1. The van der Waals surface area contributed by atoms with Gasteiger partial charge in [-0.3, -0.25) is 0 Å². The second-order valence-corrected chi connectivity index (χ2v) is 5.55. The molecule has 1 heterocycles. The van der Waals surface area contributed by atoms with Gasteiger partial charge in [-0.05, 0) is 42.3 Å². The third-order valence-electron chi connectivity index (χ3n) is 3.42. The van der Waals surface area contributed by atoms with E-state index in [9.17, 15) is 8.78 Å². The second kappa shape index (κ2) is 6.52. The Kier molecular flexibility index (Phi) is 4.45. The molecule has 120 valence electrons. The van der Waals surface area contributed by atoms with Gasteiger partial charge in [0.15, 0.2) is 0 Å². The van der Waals surface area contributed by atoms with Crippen molar-refractivity contribution in [3.8, 4) is 5.75 Å². The zero-order valence-electron chi connectivity index (χ0n) is 12.0. The number of benzene rings is 2. The van der Waals surface area contributed by atoms with E-state index < -0.39 is 6.61 Å². The van der Waals surface area contributed by atoms with Crippen molar-refractivity contribution in [1.82, 2.24) is 9.97 Å². The van der Waals surface area contributed by atoms with Crippen LogP contribution in [0.25, 0.3) is 11.0 Å². The highest BCUT2D eigenvalue weighted by molar-refractivity contribution is 6.31. The van der Waals surface area contributed by atoms with Crippen LogP contribution in [0.3, 0.4) is 0 Å². The fourth-order valence-corrected chi connectivity index (χ4v) is 2.50. The van der Waals surface area contributed by atoms with E-state index in [4.69, 9.17) is 17.3 Å². The molecule has 3 rings (SSSR count). The minimum atomic E-state index is -2.83. The molecule has 0 radical (unpaired) electrons. The van der Waals surface area contributed by atoms with Gasteiger partial charge in [-0.1, -0.05) is 23.7 Å². The number of alkyl halides is 2. The number of hydrogen-bond donors (Lipinski definition) is 2. The molecular formula is C16H14ClF2N3O. The fraction of sp³-hybridized carbons (Fsp3) is 0.188. The van der Waals surface area contributed by atoms with Gasteiger partial charge in [0.1, 0.15) is 11.6 Å². The number of hydrogen-bond acceptors (Lipinski definition) is 3. The molecule has 0 aliphatic carbocycles. The molecule has 1 atom stereocenters. The summed E-state index contributed by atoms with van der Waals surface area (Å²) in [5, 5.41) is 0.610. The van der Waals surface area contributed by atoms with E-state index in [1.807, 2.05) is 6.07 Å². The number of fused-ring (bicyclic) bond motifs is 1. The maximum Gasteiger partial charge on any atom is 0.387 e. The van der Waals surface area contributed by atoms with Crippen LogP contribution in [0, 0.1) is 0 Å². The zero-order chi connectivity index (χ0) is 16.4. The van der Waals surface area contributed by atoms with Gasteiger partial charge in [0.25, 0.3) is 0 Å². The molecule has 3 N–H and O–H groups in total. The van der Waals surface area contributed by atoms with E-state index in [1.165, 1.54) is 12.1 Å². The van der Waals surface area contributed by atoms with Crippen LogP contribution in [0.2, 0.25) is 5.02 Å². The number of nitrogens with one attached hydrogen (secondary N) is 1. The molecule has 2 aromatic carbocycles.